The van der Waals surface area contributed by atoms with E-state index in [1.165, 1.54) is 31.7 Å². The molecule has 1 aliphatic heterocycles. The minimum absolute atomic E-state index is 0.325. The molecule has 1 atom stereocenters. The average Bonchev–Trinajstić information content (AvgIpc) is 2.51. The number of piperazine rings is 1. The lowest BCUT2D eigenvalue weighted by Gasteiger charge is -2.43. The monoisotopic (exact) mass is 318 g/mol. The molecule has 1 aliphatic carbocycles. The SMILES string of the molecule is COc1cc([C@@H](C2CCC2)N2CCNCC2)ccc1OC(C)=O. The van der Waals surface area contributed by atoms with Crippen molar-refractivity contribution in [2.45, 2.75) is 32.2 Å². The van der Waals surface area contributed by atoms with Crippen molar-refractivity contribution in [3.05, 3.63) is 23.8 Å². The molecule has 1 N–H and O–H groups in total. The summed E-state index contributed by atoms with van der Waals surface area (Å²) in [5.74, 6) is 1.53. The van der Waals surface area contributed by atoms with E-state index in [2.05, 4.69) is 16.3 Å². The summed E-state index contributed by atoms with van der Waals surface area (Å²) < 4.78 is 10.7. The third kappa shape index (κ3) is 3.67. The smallest absolute Gasteiger partial charge is 0.308 e. The number of nitrogens with zero attached hydrogens (tertiary/aromatic N) is 1. The Morgan fingerprint density at radius 3 is 2.57 bits per heavy atom. The van der Waals surface area contributed by atoms with E-state index in [4.69, 9.17) is 9.47 Å². The molecular formula is C18H26N2O3. The van der Waals surface area contributed by atoms with Gasteiger partial charge in [0.1, 0.15) is 0 Å². The summed E-state index contributed by atoms with van der Waals surface area (Å²) in [6, 6.07) is 6.43. The van der Waals surface area contributed by atoms with Gasteiger partial charge in [0.15, 0.2) is 11.5 Å². The van der Waals surface area contributed by atoms with E-state index >= 15 is 0 Å². The summed E-state index contributed by atoms with van der Waals surface area (Å²) in [7, 11) is 1.62. The van der Waals surface area contributed by atoms with Crippen molar-refractivity contribution in [3.8, 4) is 11.5 Å². The van der Waals surface area contributed by atoms with Crippen LogP contribution in [0.4, 0.5) is 0 Å². The molecule has 3 rings (SSSR count). The maximum Gasteiger partial charge on any atom is 0.308 e. The second-order valence-corrected chi connectivity index (χ2v) is 6.43. The topological polar surface area (TPSA) is 50.8 Å². The number of carbonyl (C=O) groups is 1. The minimum Gasteiger partial charge on any atom is -0.493 e. The van der Waals surface area contributed by atoms with Crippen LogP contribution in [0.5, 0.6) is 11.5 Å². The predicted octanol–water partition coefficient (Wildman–Crippen LogP) is 2.37. The molecule has 0 radical (unpaired) electrons. The molecule has 0 unspecified atom stereocenters. The number of rotatable bonds is 5. The molecule has 1 heterocycles. The zero-order valence-electron chi connectivity index (χ0n) is 14.0. The summed E-state index contributed by atoms with van der Waals surface area (Å²) in [4.78, 5) is 13.8. The number of nitrogens with one attached hydrogen (secondary N) is 1. The van der Waals surface area contributed by atoms with E-state index in [-0.39, 0.29) is 5.97 Å². The molecule has 1 saturated heterocycles. The maximum absolute atomic E-state index is 11.2. The molecule has 1 saturated carbocycles. The van der Waals surface area contributed by atoms with Gasteiger partial charge in [0.25, 0.3) is 0 Å². The number of methoxy groups -OCH3 is 1. The van der Waals surface area contributed by atoms with Crippen molar-refractivity contribution < 1.29 is 14.3 Å². The van der Waals surface area contributed by atoms with Gasteiger partial charge in [-0.05, 0) is 36.5 Å². The van der Waals surface area contributed by atoms with Gasteiger partial charge in [0.2, 0.25) is 0 Å². The van der Waals surface area contributed by atoms with Crippen LogP contribution < -0.4 is 14.8 Å². The third-order valence-corrected chi connectivity index (χ3v) is 4.92. The zero-order chi connectivity index (χ0) is 16.2. The van der Waals surface area contributed by atoms with Crippen LogP contribution in [0.1, 0.15) is 37.8 Å². The molecule has 5 nitrogen and oxygen atoms in total. The van der Waals surface area contributed by atoms with Gasteiger partial charge in [-0.1, -0.05) is 12.5 Å². The summed E-state index contributed by atoms with van der Waals surface area (Å²) in [5.41, 5.74) is 1.27. The first kappa shape index (κ1) is 16.3. The third-order valence-electron chi connectivity index (χ3n) is 4.92. The molecule has 0 aromatic heterocycles. The summed E-state index contributed by atoms with van der Waals surface area (Å²) in [6.45, 7) is 5.66. The lowest BCUT2D eigenvalue weighted by molar-refractivity contribution is -0.132. The second kappa shape index (κ2) is 7.32. The Kier molecular flexibility index (Phi) is 5.18. The largest absolute Gasteiger partial charge is 0.493 e. The van der Waals surface area contributed by atoms with E-state index < -0.39 is 0 Å². The van der Waals surface area contributed by atoms with Crippen LogP contribution in [0.25, 0.3) is 0 Å². The Morgan fingerprint density at radius 2 is 2.00 bits per heavy atom. The van der Waals surface area contributed by atoms with Crippen molar-refractivity contribution in [2.24, 2.45) is 5.92 Å². The first-order valence-electron chi connectivity index (χ1n) is 8.50. The average molecular weight is 318 g/mol. The number of esters is 1. The number of hydrogen-bond donors (Lipinski definition) is 1. The Labute approximate surface area is 137 Å². The van der Waals surface area contributed by atoms with Crippen LogP contribution >= 0.6 is 0 Å². The molecular weight excluding hydrogens is 292 g/mol. The van der Waals surface area contributed by atoms with Crippen molar-refractivity contribution in [1.82, 2.24) is 10.2 Å². The molecule has 0 amide bonds. The molecule has 23 heavy (non-hydrogen) atoms. The van der Waals surface area contributed by atoms with Crippen LogP contribution in [0.2, 0.25) is 0 Å². The molecule has 2 aliphatic rings. The molecule has 2 fully saturated rings. The maximum atomic E-state index is 11.2. The van der Waals surface area contributed by atoms with Gasteiger partial charge in [-0.25, -0.2) is 0 Å². The van der Waals surface area contributed by atoms with E-state index in [9.17, 15) is 4.79 Å². The fourth-order valence-corrected chi connectivity index (χ4v) is 3.60. The van der Waals surface area contributed by atoms with E-state index in [0.29, 0.717) is 17.5 Å². The van der Waals surface area contributed by atoms with E-state index in [0.717, 1.165) is 32.1 Å². The summed E-state index contributed by atoms with van der Waals surface area (Å²) in [5, 5.41) is 3.43. The minimum atomic E-state index is -0.325. The van der Waals surface area contributed by atoms with Gasteiger partial charge >= 0.3 is 5.97 Å². The van der Waals surface area contributed by atoms with Crippen molar-refractivity contribution >= 4 is 5.97 Å². The Balaban J connectivity index is 1.87. The fraction of sp³-hybridized carbons (Fsp3) is 0.611. The molecule has 126 valence electrons. The Bertz CT molecular complexity index is 551. The normalized spacial score (nSPS) is 20.6. The van der Waals surface area contributed by atoms with Gasteiger partial charge in [0.05, 0.1) is 7.11 Å². The van der Waals surface area contributed by atoms with Crippen molar-refractivity contribution in [1.29, 1.82) is 0 Å². The van der Waals surface area contributed by atoms with Crippen LogP contribution in [0.15, 0.2) is 18.2 Å². The van der Waals surface area contributed by atoms with Crippen LogP contribution in [0.3, 0.4) is 0 Å². The number of benzene rings is 1. The highest BCUT2D eigenvalue weighted by atomic mass is 16.6. The fourth-order valence-electron chi connectivity index (χ4n) is 3.60. The highest BCUT2D eigenvalue weighted by Crippen LogP contribution is 2.43. The highest BCUT2D eigenvalue weighted by Gasteiger charge is 2.34. The molecule has 1 aromatic carbocycles. The van der Waals surface area contributed by atoms with E-state index in [1.54, 1.807) is 7.11 Å². The van der Waals surface area contributed by atoms with Gasteiger partial charge < -0.3 is 14.8 Å². The summed E-state index contributed by atoms with van der Waals surface area (Å²) in [6.07, 6.45) is 3.92. The van der Waals surface area contributed by atoms with E-state index in [1.807, 2.05) is 12.1 Å². The lowest BCUT2D eigenvalue weighted by Crippen LogP contribution is -2.47. The molecule has 1 aromatic rings. The van der Waals surface area contributed by atoms with Gasteiger partial charge in [-0.3, -0.25) is 9.69 Å². The zero-order valence-corrected chi connectivity index (χ0v) is 14.0. The summed E-state index contributed by atoms with van der Waals surface area (Å²) >= 11 is 0. The molecule has 0 bridgehead atoms. The quantitative estimate of drug-likeness (QED) is 0.667. The first-order chi connectivity index (χ1) is 11.2. The van der Waals surface area contributed by atoms with Gasteiger partial charge in [-0.15, -0.1) is 0 Å². The first-order valence-corrected chi connectivity index (χ1v) is 8.50. The van der Waals surface area contributed by atoms with Crippen LogP contribution in [0, 0.1) is 5.92 Å². The number of carbonyl (C=O) groups excluding carboxylic acids is 1. The van der Waals surface area contributed by atoms with Gasteiger partial charge in [0, 0.05) is 39.1 Å². The molecule has 5 heteroatoms. The van der Waals surface area contributed by atoms with Crippen molar-refractivity contribution in [3.63, 3.8) is 0 Å². The predicted molar refractivity (Wildman–Crippen MR) is 88.8 cm³/mol. The second-order valence-electron chi connectivity index (χ2n) is 6.43. The standard InChI is InChI=1S/C18H26N2O3/c1-13(21)23-16-7-6-15(12-17(16)22-2)18(14-4-3-5-14)20-10-8-19-9-11-20/h6-7,12,14,18-19H,3-5,8-11H2,1-2H3/t18-/m1/s1. The number of ether oxygens (including phenoxy) is 2. The Morgan fingerprint density at radius 1 is 1.26 bits per heavy atom. The highest BCUT2D eigenvalue weighted by molar-refractivity contribution is 5.70. The molecule has 0 spiro atoms. The van der Waals surface area contributed by atoms with Crippen LogP contribution in [-0.2, 0) is 4.79 Å². The Hall–Kier alpha value is -1.59. The lowest BCUT2D eigenvalue weighted by atomic mass is 9.76. The number of hydrogen-bond acceptors (Lipinski definition) is 5. The van der Waals surface area contributed by atoms with Crippen LogP contribution in [-0.4, -0.2) is 44.2 Å². The van der Waals surface area contributed by atoms with Gasteiger partial charge in [-0.2, -0.15) is 0 Å². The van der Waals surface area contributed by atoms with Crippen molar-refractivity contribution in [2.75, 3.05) is 33.3 Å².